The predicted molar refractivity (Wildman–Crippen MR) is 101 cm³/mol. The molecule has 0 bridgehead atoms. The Morgan fingerprint density at radius 3 is 2.79 bits per heavy atom. The second-order valence-electron chi connectivity index (χ2n) is 6.70. The average molecular weight is 389 g/mol. The molecule has 0 radical (unpaired) electrons. The van der Waals surface area contributed by atoms with Crippen molar-refractivity contribution >= 4 is 11.6 Å². The fourth-order valence-corrected chi connectivity index (χ4v) is 3.20. The summed E-state index contributed by atoms with van der Waals surface area (Å²) in [6.45, 7) is 2.58. The lowest BCUT2D eigenvalue weighted by Gasteiger charge is -2.19. The Bertz CT molecular complexity index is 949. The molecule has 0 aliphatic heterocycles. The van der Waals surface area contributed by atoms with Crippen molar-refractivity contribution < 1.29 is 18.0 Å². The van der Waals surface area contributed by atoms with Crippen LogP contribution in [0.1, 0.15) is 48.9 Å². The third kappa shape index (κ3) is 4.52. The number of alkyl halides is 3. The van der Waals surface area contributed by atoms with Crippen LogP contribution in [-0.4, -0.2) is 21.8 Å². The number of halogens is 3. The van der Waals surface area contributed by atoms with Gasteiger partial charge < -0.3 is 9.72 Å². The maximum atomic E-state index is 13.2. The quantitative estimate of drug-likeness (QED) is 0.591. The Morgan fingerprint density at radius 2 is 2.04 bits per heavy atom. The first kappa shape index (κ1) is 19.9. The van der Waals surface area contributed by atoms with E-state index in [4.69, 9.17) is 0 Å². The molecule has 0 unspecified atom stereocenters. The van der Waals surface area contributed by atoms with Crippen LogP contribution in [0, 0.1) is 0 Å². The lowest BCUT2D eigenvalue weighted by molar-refractivity contribution is -0.137. The van der Waals surface area contributed by atoms with Gasteiger partial charge in [0.05, 0.1) is 11.3 Å². The van der Waals surface area contributed by atoms with Gasteiger partial charge in [0, 0.05) is 31.3 Å². The fraction of sp³-hybridized carbons (Fsp3) is 0.333. The second-order valence-corrected chi connectivity index (χ2v) is 6.70. The van der Waals surface area contributed by atoms with E-state index in [-0.39, 0.29) is 12.3 Å². The van der Waals surface area contributed by atoms with Crippen molar-refractivity contribution in [3.63, 3.8) is 0 Å². The Balaban J connectivity index is 1.99. The molecule has 3 rings (SSSR count). The number of pyridine rings is 1. The van der Waals surface area contributed by atoms with Crippen molar-refractivity contribution in [2.45, 2.75) is 38.3 Å². The van der Waals surface area contributed by atoms with Crippen LogP contribution < -0.4 is 5.32 Å². The van der Waals surface area contributed by atoms with Crippen molar-refractivity contribution in [2.75, 3.05) is 6.54 Å². The van der Waals surface area contributed by atoms with E-state index in [0.29, 0.717) is 23.4 Å². The van der Waals surface area contributed by atoms with Gasteiger partial charge in [0.15, 0.2) is 0 Å². The van der Waals surface area contributed by atoms with Gasteiger partial charge in [0.25, 0.3) is 0 Å². The van der Waals surface area contributed by atoms with E-state index in [0.717, 1.165) is 25.0 Å². The number of unbranched alkanes of at least 4 members (excludes halogenated alkanes) is 1. The van der Waals surface area contributed by atoms with Gasteiger partial charge in [-0.2, -0.15) is 13.2 Å². The van der Waals surface area contributed by atoms with Gasteiger partial charge in [-0.05, 0) is 30.2 Å². The Hall–Kier alpha value is -2.83. The number of carbonyl (C=O) groups is 1. The number of hydrogen-bond donors (Lipinski definition) is 1. The number of imidazole rings is 1. The van der Waals surface area contributed by atoms with Gasteiger partial charge in [0.2, 0.25) is 5.91 Å². The van der Waals surface area contributed by atoms with Gasteiger partial charge >= 0.3 is 6.18 Å². The monoisotopic (exact) mass is 389 g/mol. The van der Waals surface area contributed by atoms with E-state index < -0.39 is 17.7 Å². The van der Waals surface area contributed by atoms with E-state index in [1.54, 1.807) is 18.5 Å². The molecule has 2 heterocycles. The number of benzene rings is 1. The van der Waals surface area contributed by atoms with Crippen molar-refractivity contribution in [2.24, 2.45) is 0 Å². The standard InChI is InChI=1S/C21H22F3N3O/c1-2-3-10-25-20(28)13-17(15-7-6-8-16(12-15)21(22,23)24)18-14-26-19-9-4-5-11-27(18)19/h4-9,11-12,14,17H,2-3,10,13H2,1H3,(H,25,28)/t17-/m1/s1. The van der Waals surface area contributed by atoms with E-state index in [1.807, 2.05) is 29.5 Å². The molecule has 1 amide bonds. The molecule has 0 saturated carbocycles. The molecule has 0 spiro atoms. The highest BCUT2D eigenvalue weighted by Gasteiger charge is 2.32. The van der Waals surface area contributed by atoms with E-state index in [1.165, 1.54) is 6.07 Å². The third-order valence-electron chi connectivity index (χ3n) is 4.66. The molecule has 7 heteroatoms. The largest absolute Gasteiger partial charge is 0.416 e. The lowest BCUT2D eigenvalue weighted by Crippen LogP contribution is -2.26. The average Bonchev–Trinajstić information content (AvgIpc) is 3.10. The summed E-state index contributed by atoms with van der Waals surface area (Å²) >= 11 is 0. The molecule has 0 saturated heterocycles. The van der Waals surface area contributed by atoms with Gasteiger partial charge in [-0.3, -0.25) is 4.79 Å². The van der Waals surface area contributed by atoms with Crippen LogP contribution in [0.4, 0.5) is 13.2 Å². The lowest BCUT2D eigenvalue weighted by atomic mass is 9.91. The summed E-state index contributed by atoms with van der Waals surface area (Å²) < 4.78 is 41.4. The van der Waals surface area contributed by atoms with Gasteiger partial charge in [-0.25, -0.2) is 4.98 Å². The topological polar surface area (TPSA) is 46.4 Å². The highest BCUT2D eigenvalue weighted by atomic mass is 19.4. The third-order valence-corrected chi connectivity index (χ3v) is 4.66. The van der Waals surface area contributed by atoms with Crippen LogP contribution in [0.5, 0.6) is 0 Å². The Kier molecular flexibility index (Phi) is 6.02. The van der Waals surface area contributed by atoms with E-state index >= 15 is 0 Å². The number of hydrogen-bond acceptors (Lipinski definition) is 2. The molecule has 148 valence electrons. The summed E-state index contributed by atoms with van der Waals surface area (Å²) in [5, 5.41) is 2.85. The van der Waals surface area contributed by atoms with Crippen LogP contribution >= 0.6 is 0 Å². The summed E-state index contributed by atoms with van der Waals surface area (Å²) in [6, 6.07) is 10.6. The van der Waals surface area contributed by atoms with Gasteiger partial charge in [-0.1, -0.05) is 37.6 Å². The highest BCUT2D eigenvalue weighted by Crippen LogP contribution is 2.34. The number of nitrogens with zero attached hydrogens (tertiary/aromatic N) is 2. The molecule has 0 fully saturated rings. The molecule has 0 aliphatic carbocycles. The SMILES string of the molecule is CCCCNC(=O)C[C@H](c1cccc(C(F)(F)F)c1)c1cnc2ccccn12. The zero-order valence-electron chi connectivity index (χ0n) is 15.5. The molecule has 4 nitrogen and oxygen atoms in total. The second kappa shape index (κ2) is 8.46. The number of amides is 1. The number of fused-ring (bicyclic) bond motifs is 1. The van der Waals surface area contributed by atoms with Crippen molar-refractivity contribution in [3.8, 4) is 0 Å². The normalized spacial score (nSPS) is 12.9. The first-order valence-corrected chi connectivity index (χ1v) is 9.26. The predicted octanol–water partition coefficient (Wildman–Crippen LogP) is 4.79. The van der Waals surface area contributed by atoms with Crippen LogP contribution in [-0.2, 0) is 11.0 Å². The van der Waals surface area contributed by atoms with Crippen LogP contribution in [0.3, 0.4) is 0 Å². The molecular weight excluding hydrogens is 367 g/mol. The molecule has 1 aromatic carbocycles. The molecule has 1 atom stereocenters. The number of carbonyl (C=O) groups excluding carboxylic acids is 1. The number of aromatic nitrogens is 2. The minimum Gasteiger partial charge on any atom is -0.356 e. The zero-order chi connectivity index (χ0) is 20.1. The minimum atomic E-state index is -4.44. The fourth-order valence-electron chi connectivity index (χ4n) is 3.20. The molecule has 2 aromatic heterocycles. The summed E-state index contributed by atoms with van der Waals surface area (Å²) in [5.41, 5.74) is 1.07. The van der Waals surface area contributed by atoms with Crippen molar-refractivity contribution in [1.82, 2.24) is 14.7 Å². The van der Waals surface area contributed by atoms with Crippen molar-refractivity contribution in [1.29, 1.82) is 0 Å². The van der Waals surface area contributed by atoms with Crippen LogP contribution in [0.15, 0.2) is 54.9 Å². The van der Waals surface area contributed by atoms with Crippen LogP contribution in [0.2, 0.25) is 0 Å². The van der Waals surface area contributed by atoms with Gasteiger partial charge in [0.1, 0.15) is 5.65 Å². The first-order valence-electron chi connectivity index (χ1n) is 9.26. The summed E-state index contributed by atoms with van der Waals surface area (Å²) in [7, 11) is 0. The summed E-state index contributed by atoms with van der Waals surface area (Å²) in [5.74, 6) is -0.733. The Morgan fingerprint density at radius 1 is 1.21 bits per heavy atom. The van der Waals surface area contributed by atoms with Crippen LogP contribution in [0.25, 0.3) is 5.65 Å². The van der Waals surface area contributed by atoms with E-state index in [2.05, 4.69) is 10.3 Å². The van der Waals surface area contributed by atoms with E-state index in [9.17, 15) is 18.0 Å². The summed E-state index contributed by atoms with van der Waals surface area (Å²) in [4.78, 5) is 16.8. The van der Waals surface area contributed by atoms with Crippen molar-refractivity contribution in [3.05, 3.63) is 71.7 Å². The highest BCUT2D eigenvalue weighted by molar-refractivity contribution is 5.77. The maximum Gasteiger partial charge on any atom is 0.416 e. The molecule has 3 aromatic rings. The molecule has 0 aliphatic rings. The first-order chi connectivity index (χ1) is 13.4. The zero-order valence-corrected chi connectivity index (χ0v) is 15.5. The Labute approximate surface area is 161 Å². The molecular formula is C21H22F3N3O. The maximum absolute atomic E-state index is 13.2. The molecule has 1 N–H and O–H groups in total. The smallest absolute Gasteiger partial charge is 0.356 e. The number of nitrogens with one attached hydrogen (secondary N) is 1. The minimum absolute atomic E-state index is 0.0493. The number of rotatable bonds is 7. The summed E-state index contributed by atoms with van der Waals surface area (Å²) in [6.07, 6.45) is 0.837. The molecule has 28 heavy (non-hydrogen) atoms. The van der Waals surface area contributed by atoms with Gasteiger partial charge in [-0.15, -0.1) is 0 Å².